The minimum absolute atomic E-state index is 0.203. The van der Waals surface area contributed by atoms with E-state index in [1.165, 1.54) is 5.56 Å². The normalized spacial score (nSPS) is 18.2. The molecule has 6 nitrogen and oxygen atoms in total. The molecule has 0 spiro atoms. The molecule has 2 fully saturated rings. The summed E-state index contributed by atoms with van der Waals surface area (Å²) in [5.74, 6) is 0.847. The number of fused-ring (bicyclic) bond motifs is 1. The second kappa shape index (κ2) is 10.5. The zero-order chi connectivity index (χ0) is 24.3. The van der Waals surface area contributed by atoms with Crippen LogP contribution in [0.1, 0.15) is 44.1 Å². The number of nitrogens with zero attached hydrogens (tertiary/aromatic N) is 3. The summed E-state index contributed by atoms with van der Waals surface area (Å²) in [6, 6.07) is 17.9. The first-order valence-corrected chi connectivity index (χ1v) is 14.4. The van der Waals surface area contributed by atoms with E-state index in [4.69, 9.17) is 0 Å². The fourth-order valence-electron chi connectivity index (χ4n) is 5.50. The molecule has 35 heavy (non-hydrogen) atoms. The number of amides is 1. The Balaban J connectivity index is 1.16. The van der Waals surface area contributed by atoms with Gasteiger partial charge in [-0.05, 0) is 67.9 Å². The molecule has 1 aromatic heterocycles. The fourth-order valence-corrected chi connectivity index (χ4v) is 7.05. The van der Waals surface area contributed by atoms with Gasteiger partial charge in [-0.15, -0.1) is 0 Å². The fraction of sp³-hybridized carbons (Fsp3) is 0.464. The number of hydrogen-bond donors (Lipinski definition) is 0. The second-order valence-electron chi connectivity index (χ2n) is 9.96. The number of sulfonamides is 1. The summed E-state index contributed by atoms with van der Waals surface area (Å²) in [7, 11) is -3.45. The maximum atomic E-state index is 13.0. The zero-order valence-electron chi connectivity index (χ0n) is 20.3. The third-order valence-corrected chi connectivity index (χ3v) is 9.49. The Kier molecular flexibility index (Phi) is 7.25. The molecule has 2 aliphatic heterocycles. The number of carbonyl (C=O) groups is 1. The summed E-state index contributed by atoms with van der Waals surface area (Å²) in [5.41, 5.74) is 2.35. The molecule has 0 radical (unpaired) electrons. The van der Waals surface area contributed by atoms with E-state index in [0.717, 1.165) is 62.5 Å². The van der Waals surface area contributed by atoms with Crippen LogP contribution in [0.4, 0.5) is 0 Å². The second-order valence-corrected chi connectivity index (χ2v) is 11.9. The van der Waals surface area contributed by atoms with E-state index in [1.807, 2.05) is 23.2 Å². The van der Waals surface area contributed by atoms with Crippen LogP contribution in [0.3, 0.4) is 0 Å². The molecule has 7 heteroatoms. The highest BCUT2D eigenvalue weighted by molar-refractivity contribution is 7.89. The van der Waals surface area contributed by atoms with Crippen LogP contribution in [-0.2, 0) is 27.8 Å². The summed E-state index contributed by atoms with van der Waals surface area (Å²) in [6.45, 7) is 3.48. The number of hydrogen-bond acceptors (Lipinski definition) is 3. The molecule has 3 heterocycles. The zero-order valence-corrected chi connectivity index (χ0v) is 21.1. The number of piperidine rings is 2. The molecule has 2 aliphatic rings. The van der Waals surface area contributed by atoms with Crippen molar-refractivity contribution in [2.24, 2.45) is 5.92 Å². The molecule has 2 aromatic carbocycles. The van der Waals surface area contributed by atoms with E-state index in [0.29, 0.717) is 36.9 Å². The van der Waals surface area contributed by atoms with Crippen LogP contribution < -0.4 is 0 Å². The SMILES string of the molecule is O=C(CCn1ccc2cc(S(=O)(=O)N3CCCCC3)ccc21)N1CCC(Cc2ccccc2)CC1. The average Bonchev–Trinajstić information content (AvgIpc) is 3.31. The topological polar surface area (TPSA) is 62.6 Å². The van der Waals surface area contributed by atoms with Crippen molar-refractivity contribution in [3.05, 3.63) is 66.4 Å². The quantitative estimate of drug-likeness (QED) is 0.480. The summed E-state index contributed by atoms with van der Waals surface area (Å²) in [6.07, 6.45) is 8.57. The van der Waals surface area contributed by atoms with Crippen LogP contribution in [0, 0.1) is 5.92 Å². The number of aryl methyl sites for hydroxylation is 1. The van der Waals surface area contributed by atoms with Gasteiger partial charge in [0.25, 0.3) is 0 Å². The van der Waals surface area contributed by atoms with E-state index in [-0.39, 0.29) is 5.91 Å². The maximum absolute atomic E-state index is 13.0. The van der Waals surface area contributed by atoms with Gasteiger partial charge in [0.2, 0.25) is 15.9 Å². The summed E-state index contributed by atoms with van der Waals surface area (Å²) < 4.78 is 29.7. The van der Waals surface area contributed by atoms with Crippen LogP contribution in [0.5, 0.6) is 0 Å². The number of likely N-dealkylation sites (tertiary alicyclic amines) is 1. The number of aromatic nitrogens is 1. The minimum Gasteiger partial charge on any atom is -0.347 e. The Morgan fingerprint density at radius 1 is 0.886 bits per heavy atom. The van der Waals surface area contributed by atoms with E-state index >= 15 is 0 Å². The first-order chi connectivity index (χ1) is 17.0. The lowest BCUT2D eigenvalue weighted by molar-refractivity contribution is -0.132. The van der Waals surface area contributed by atoms with Gasteiger partial charge >= 0.3 is 0 Å². The lowest BCUT2D eigenvalue weighted by Crippen LogP contribution is -2.39. The van der Waals surface area contributed by atoms with Crippen molar-refractivity contribution in [2.45, 2.75) is 56.4 Å². The van der Waals surface area contributed by atoms with Crippen LogP contribution in [-0.4, -0.2) is 54.3 Å². The van der Waals surface area contributed by atoms with Crippen LogP contribution >= 0.6 is 0 Å². The van der Waals surface area contributed by atoms with E-state index < -0.39 is 10.0 Å². The Labute approximate surface area is 208 Å². The van der Waals surface area contributed by atoms with Crippen molar-refractivity contribution in [2.75, 3.05) is 26.2 Å². The van der Waals surface area contributed by atoms with E-state index in [2.05, 4.69) is 34.9 Å². The van der Waals surface area contributed by atoms with E-state index in [1.54, 1.807) is 16.4 Å². The smallest absolute Gasteiger partial charge is 0.243 e. The number of rotatable bonds is 7. The largest absolute Gasteiger partial charge is 0.347 e. The standard InChI is InChI=1S/C28H35N3O3S/c32-28(30-17-11-24(12-18-30)21-23-7-3-1-4-8-23)14-20-29-19-13-25-22-26(9-10-27(25)29)35(33,34)31-15-5-2-6-16-31/h1,3-4,7-10,13,19,22,24H,2,5-6,11-12,14-18,20-21H2. The van der Waals surface area contributed by atoms with Crippen molar-refractivity contribution in [3.8, 4) is 0 Å². The minimum atomic E-state index is -3.45. The Hall–Kier alpha value is -2.64. The van der Waals surface area contributed by atoms with Crippen LogP contribution in [0.2, 0.25) is 0 Å². The summed E-state index contributed by atoms with van der Waals surface area (Å²) in [5, 5.41) is 0.900. The Bertz CT molecular complexity index is 1260. The first kappa shape index (κ1) is 24.1. The molecule has 1 amide bonds. The van der Waals surface area contributed by atoms with Gasteiger partial charge in [-0.1, -0.05) is 36.8 Å². The highest BCUT2D eigenvalue weighted by Gasteiger charge is 2.26. The molecule has 0 N–H and O–H groups in total. The van der Waals surface area contributed by atoms with Crippen LogP contribution in [0.15, 0.2) is 65.7 Å². The van der Waals surface area contributed by atoms with Gasteiger partial charge < -0.3 is 9.47 Å². The lowest BCUT2D eigenvalue weighted by atomic mass is 9.90. The van der Waals surface area contributed by atoms with Crippen molar-refractivity contribution in [1.82, 2.24) is 13.8 Å². The van der Waals surface area contributed by atoms with Gasteiger partial charge in [0.15, 0.2) is 0 Å². The van der Waals surface area contributed by atoms with E-state index in [9.17, 15) is 13.2 Å². The third kappa shape index (κ3) is 5.46. The van der Waals surface area contributed by atoms with Crippen molar-refractivity contribution >= 4 is 26.8 Å². The molecular weight excluding hydrogens is 458 g/mol. The third-order valence-electron chi connectivity index (χ3n) is 7.60. The monoisotopic (exact) mass is 493 g/mol. The number of benzene rings is 2. The van der Waals surface area contributed by atoms with Gasteiger partial charge in [-0.25, -0.2) is 8.42 Å². The van der Waals surface area contributed by atoms with Gasteiger partial charge in [0.05, 0.1) is 4.90 Å². The molecule has 0 aliphatic carbocycles. The predicted octanol–water partition coefficient (Wildman–Crippen LogP) is 4.69. The Morgan fingerprint density at radius 2 is 1.63 bits per heavy atom. The van der Waals surface area contributed by atoms with Crippen molar-refractivity contribution in [3.63, 3.8) is 0 Å². The molecular formula is C28H35N3O3S. The maximum Gasteiger partial charge on any atom is 0.243 e. The molecule has 0 saturated carbocycles. The average molecular weight is 494 g/mol. The summed E-state index contributed by atoms with van der Waals surface area (Å²) >= 11 is 0. The highest BCUT2D eigenvalue weighted by atomic mass is 32.2. The molecule has 0 atom stereocenters. The molecule has 5 rings (SSSR count). The molecule has 186 valence electrons. The molecule has 0 bridgehead atoms. The summed E-state index contributed by atoms with van der Waals surface area (Å²) in [4.78, 5) is 15.3. The van der Waals surface area contributed by atoms with Gasteiger partial charge in [-0.2, -0.15) is 4.31 Å². The Morgan fingerprint density at radius 3 is 2.37 bits per heavy atom. The molecule has 0 unspecified atom stereocenters. The van der Waals surface area contributed by atoms with Crippen LogP contribution in [0.25, 0.3) is 10.9 Å². The van der Waals surface area contributed by atoms with Gasteiger partial charge in [0, 0.05) is 56.2 Å². The van der Waals surface area contributed by atoms with Gasteiger partial charge in [0.1, 0.15) is 0 Å². The highest BCUT2D eigenvalue weighted by Crippen LogP contribution is 2.26. The van der Waals surface area contributed by atoms with Gasteiger partial charge in [-0.3, -0.25) is 4.79 Å². The van der Waals surface area contributed by atoms with Crippen molar-refractivity contribution in [1.29, 1.82) is 0 Å². The molecule has 3 aromatic rings. The van der Waals surface area contributed by atoms with Crippen molar-refractivity contribution < 1.29 is 13.2 Å². The molecule has 2 saturated heterocycles. The lowest BCUT2D eigenvalue weighted by Gasteiger charge is -2.32. The number of carbonyl (C=O) groups excluding carboxylic acids is 1. The predicted molar refractivity (Wildman–Crippen MR) is 139 cm³/mol. The first-order valence-electron chi connectivity index (χ1n) is 12.9.